The number of hydrogen-bond donors (Lipinski definition) is 0. The number of rotatable bonds is 1. The van der Waals surface area contributed by atoms with Gasteiger partial charge in [0.25, 0.3) is 0 Å². The van der Waals surface area contributed by atoms with E-state index in [1.165, 1.54) is 0 Å². The van der Waals surface area contributed by atoms with Crippen molar-refractivity contribution in [3.63, 3.8) is 0 Å². The number of aromatic nitrogens is 2. The Balaban J connectivity index is 2.52. The molecule has 3 nitrogen and oxygen atoms in total. The highest BCUT2D eigenvalue weighted by Gasteiger charge is 2.03. The van der Waals surface area contributed by atoms with Crippen molar-refractivity contribution < 1.29 is 0 Å². The number of nitrogens with zero attached hydrogens (tertiary/aromatic N) is 3. The van der Waals surface area contributed by atoms with E-state index in [9.17, 15) is 0 Å². The van der Waals surface area contributed by atoms with Gasteiger partial charge in [-0.15, -0.1) is 0 Å². The van der Waals surface area contributed by atoms with Crippen molar-refractivity contribution >= 4 is 11.6 Å². The Hall–Kier alpha value is -1.92. The molecule has 0 saturated heterocycles. The molecule has 2 rings (SSSR count). The predicted molar refractivity (Wildman–Crippen MR) is 57.2 cm³/mol. The van der Waals surface area contributed by atoms with Crippen molar-refractivity contribution in [2.24, 2.45) is 0 Å². The van der Waals surface area contributed by atoms with Gasteiger partial charge in [0.1, 0.15) is 11.2 Å². The molecule has 0 aliphatic heterocycles. The predicted octanol–water partition coefficient (Wildman–Crippen LogP) is 2.67. The van der Waals surface area contributed by atoms with Crippen molar-refractivity contribution in [3.05, 3.63) is 47.5 Å². The van der Waals surface area contributed by atoms with Crippen molar-refractivity contribution in [2.75, 3.05) is 0 Å². The SMILES string of the molecule is N#Cc1cc(-c2ccncc2)cnc1Cl. The summed E-state index contributed by atoms with van der Waals surface area (Å²) in [5.41, 5.74) is 2.20. The van der Waals surface area contributed by atoms with E-state index in [4.69, 9.17) is 16.9 Å². The molecule has 0 bridgehead atoms. The molecule has 0 N–H and O–H groups in total. The fourth-order valence-electron chi connectivity index (χ4n) is 1.23. The van der Waals surface area contributed by atoms with Gasteiger partial charge in [0.2, 0.25) is 0 Å². The molecule has 2 aromatic heterocycles. The smallest absolute Gasteiger partial charge is 0.146 e. The zero-order valence-electron chi connectivity index (χ0n) is 7.68. The summed E-state index contributed by atoms with van der Waals surface area (Å²) in [7, 11) is 0. The van der Waals surface area contributed by atoms with Crippen LogP contribution < -0.4 is 0 Å². The summed E-state index contributed by atoms with van der Waals surface area (Å²) in [6.45, 7) is 0. The summed E-state index contributed by atoms with van der Waals surface area (Å²) < 4.78 is 0. The van der Waals surface area contributed by atoms with Crippen LogP contribution >= 0.6 is 11.6 Å². The monoisotopic (exact) mass is 215 g/mol. The lowest BCUT2D eigenvalue weighted by atomic mass is 10.1. The summed E-state index contributed by atoms with van der Waals surface area (Å²) in [6, 6.07) is 7.41. The van der Waals surface area contributed by atoms with E-state index in [2.05, 4.69) is 9.97 Å². The molecular formula is C11H6ClN3. The minimum atomic E-state index is 0.232. The topological polar surface area (TPSA) is 49.6 Å². The minimum Gasteiger partial charge on any atom is -0.265 e. The first-order chi connectivity index (χ1) is 7.31. The average Bonchev–Trinajstić information content (AvgIpc) is 2.31. The van der Waals surface area contributed by atoms with Gasteiger partial charge in [-0.3, -0.25) is 4.98 Å². The van der Waals surface area contributed by atoms with Crippen molar-refractivity contribution in [2.45, 2.75) is 0 Å². The molecule has 2 aromatic rings. The van der Waals surface area contributed by atoms with Crippen LogP contribution in [0.1, 0.15) is 5.56 Å². The molecular weight excluding hydrogens is 210 g/mol. The molecule has 0 aliphatic carbocycles. The highest BCUT2D eigenvalue weighted by molar-refractivity contribution is 6.30. The molecule has 2 heterocycles. The molecule has 0 unspecified atom stereocenters. The van der Waals surface area contributed by atoms with Gasteiger partial charge >= 0.3 is 0 Å². The van der Waals surface area contributed by atoms with Crippen LogP contribution in [-0.2, 0) is 0 Å². The van der Waals surface area contributed by atoms with Crippen molar-refractivity contribution in [3.8, 4) is 17.2 Å². The maximum absolute atomic E-state index is 8.80. The van der Waals surface area contributed by atoms with E-state index in [0.29, 0.717) is 5.56 Å². The summed E-state index contributed by atoms with van der Waals surface area (Å²) in [4.78, 5) is 7.87. The van der Waals surface area contributed by atoms with Crippen LogP contribution in [-0.4, -0.2) is 9.97 Å². The molecule has 0 radical (unpaired) electrons. The Labute approximate surface area is 92.0 Å². The molecule has 0 spiro atoms. The Morgan fingerprint density at radius 2 is 1.93 bits per heavy atom. The number of halogens is 1. The zero-order chi connectivity index (χ0) is 10.7. The molecule has 0 atom stereocenters. The molecule has 0 fully saturated rings. The fourth-order valence-corrected chi connectivity index (χ4v) is 1.37. The lowest BCUT2D eigenvalue weighted by Gasteiger charge is -2.01. The second kappa shape index (κ2) is 4.07. The zero-order valence-corrected chi connectivity index (χ0v) is 8.44. The molecule has 15 heavy (non-hydrogen) atoms. The maximum atomic E-state index is 8.80. The second-order valence-electron chi connectivity index (χ2n) is 2.91. The second-order valence-corrected chi connectivity index (χ2v) is 3.27. The average molecular weight is 216 g/mol. The van der Waals surface area contributed by atoms with Crippen LogP contribution in [0, 0.1) is 11.3 Å². The Bertz CT molecular complexity index is 517. The van der Waals surface area contributed by atoms with Crippen LogP contribution in [0.5, 0.6) is 0 Å². The minimum absolute atomic E-state index is 0.232. The van der Waals surface area contributed by atoms with E-state index in [1.54, 1.807) is 24.7 Å². The number of pyridine rings is 2. The molecule has 0 amide bonds. The number of hydrogen-bond acceptors (Lipinski definition) is 3. The van der Waals surface area contributed by atoms with Gasteiger partial charge in [0, 0.05) is 24.2 Å². The van der Waals surface area contributed by atoms with Crippen LogP contribution in [0.25, 0.3) is 11.1 Å². The molecule has 0 aromatic carbocycles. The van der Waals surface area contributed by atoms with Crippen LogP contribution in [0.2, 0.25) is 5.15 Å². The van der Waals surface area contributed by atoms with E-state index < -0.39 is 0 Å². The summed E-state index contributed by atoms with van der Waals surface area (Å²) in [5.74, 6) is 0. The standard InChI is InChI=1S/C11H6ClN3/c12-11-9(6-13)5-10(7-15-11)8-1-3-14-4-2-8/h1-5,7H. The Morgan fingerprint density at radius 3 is 2.60 bits per heavy atom. The van der Waals surface area contributed by atoms with E-state index in [0.717, 1.165) is 11.1 Å². The van der Waals surface area contributed by atoms with Gasteiger partial charge in [-0.1, -0.05) is 11.6 Å². The summed E-state index contributed by atoms with van der Waals surface area (Å²) in [5, 5.41) is 9.03. The largest absolute Gasteiger partial charge is 0.265 e. The fraction of sp³-hybridized carbons (Fsp3) is 0. The normalized spacial score (nSPS) is 9.60. The van der Waals surface area contributed by atoms with E-state index >= 15 is 0 Å². The van der Waals surface area contributed by atoms with Gasteiger partial charge in [0.15, 0.2) is 0 Å². The lowest BCUT2D eigenvalue weighted by Crippen LogP contribution is -1.85. The summed E-state index contributed by atoms with van der Waals surface area (Å²) in [6.07, 6.45) is 5.02. The van der Waals surface area contributed by atoms with E-state index in [1.807, 2.05) is 18.2 Å². The van der Waals surface area contributed by atoms with Gasteiger partial charge in [-0.25, -0.2) is 4.98 Å². The van der Waals surface area contributed by atoms with Gasteiger partial charge in [-0.2, -0.15) is 5.26 Å². The highest BCUT2D eigenvalue weighted by atomic mass is 35.5. The van der Waals surface area contributed by atoms with Crippen LogP contribution in [0.4, 0.5) is 0 Å². The van der Waals surface area contributed by atoms with Crippen LogP contribution in [0.15, 0.2) is 36.8 Å². The first-order valence-electron chi connectivity index (χ1n) is 4.27. The molecule has 0 aliphatic rings. The van der Waals surface area contributed by atoms with Gasteiger partial charge in [-0.05, 0) is 23.8 Å². The molecule has 0 saturated carbocycles. The van der Waals surface area contributed by atoms with Crippen molar-refractivity contribution in [1.82, 2.24) is 9.97 Å². The third-order valence-corrected chi connectivity index (χ3v) is 2.27. The first-order valence-corrected chi connectivity index (χ1v) is 4.65. The quantitative estimate of drug-likeness (QED) is 0.688. The van der Waals surface area contributed by atoms with Gasteiger partial charge < -0.3 is 0 Å². The third kappa shape index (κ3) is 1.95. The molecule has 72 valence electrons. The third-order valence-electron chi connectivity index (χ3n) is 1.97. The maximum Gasteiger partial charge on any atom is 0.146 e. The van der Waals surface area contributed by atoms with Crippen molar-refractivity contribution in [1.29, 1.82) is 5.26 Å². The Kier molecular flexibility index (Phi) is 2.61. The summed E-state index contributed by atoms with van der Waals surface area (Å²) >= 11 is 5.74. The van der Waals surface area contributed by atoms with E-state index in [-0.39, 0.29) is 5.15 Å². The first kappa shape index (κ1) is 9.63. The molecule has 4 heteroatoms. The lowest BCUT2D eigenvalue weighted by molar-refractivity contribution is 1.29. The number of nitriles is 1. The highest BCUT2D eigenvalue weighted by Crippen LogP contribution is 2.21. The van der Waals surface area contributed by atoms with Gasteiger partial charge in [0.05, 0.1) is 5.56 Å². The van der Waals surface area contributed by atoms with Crippen LogP contribution in [0.3, 0.4) is 0 Å². The Morgan fingerprint density at radius 1 is 1.20 bits per heavy atom.